The summed E-state index contributed by atoms with van der Waals surface area (Å²) in [6, 6.07) is 0. The number of ether oxygens (including phenoxy) is 2. The Hall–Kier alpha value is -0.0800. The highest BCUT2D eigenvalue weighted by molar-refractivity contribution is 14.0. The Morgan fingerprint density at radius 2 is 1.91 bits per heavy atom. The minimum Gasteiger partial charge on any atom is -0.381 e. The summed E-state index contributed by atoms with van der Waals surface area (Å²) in [5.41, 5.74) is 0. The van der Waals surface area contributed by atoms with Crippen LogP contribution in [0.3, 0.4) is 0 Å². The van der Waals surface area contributed by atoms with Gasteiger partial charge in [-0.05, 0) is 39.0 Å². The van der Waals surface area contributed by atoms with E-state index in [1.54, 1.807) is 0 Å². The molecule has 1 N–H and O–H groups in total. The SMILES string of the molecule is CCNC(=NCCOCC1CC1)N1CCC(COCC)C1.I. The molecule has 0 radical (unpaired) electrons. The summed E-state index contributed by atoms with van der Waals surface area (Å²) in [5, 5.41) is 3.39. The summed E-state index contributed by atoms with van der Waals surface area (Å²) in [5.74, 6) is 2.51. The van der Waals surface area contributed by atoms with Gasteiger partial charge in [-0.3, -0.25) is 4.99 Å². The van der Waals surface area contributed by atoms with E-state index >= 15 is 0 Å². The fourth-order valence-corrected chi connectivity index (χ4v) is 2.62. The second-order valence-electron chi connectivity index (χ2n) is 6.01. The smallest absolute Gasteiger partial charge is 0.194 e. The van der Waals surface area contributed by atoms with Crippen LogP contribution < -0.4 is 5.32 Å². The standard InChI is InChI=1S/C16H31N3O2.HI/c1-3-17-16(18-8-10-21-12-14-5-6-14)19-9-7-15(11-19)13-20-4-2;/h14-15H,3-13H2,1-2H3,(H,17,18);1H. The van der Waals surface area contributed by atoms with Gasteiger partial charge in [0.25, 0.3) is 0 Å². The van der Waals surface area contributed by atoms with Gasteiger partial charge in [-0.2, -0.15) is 0 Å². The predicted molar refractivity (Wildman–Crippen MR) is 101 cm³/mol. The Labute approximate surface area is 152 Å². The van der Waals surface area contributed by atoms with E-state index in [1.807, 2.05) is 0 Å². The molecule has 2 aliphatic rings. The van der Waals surface area contributed by atoms with Gasteiger partial charge in [0.1, 0.15) is 0 Å². The highest BCUT2D eigenvalue weighted by atomic mass is 127. The van der Waals surface area contributed by atoms with Gasteiger partial charge in [0.15, 0.2) is 5.96 Å². The van der Waals surface area contributed by atoms with Gasteiger partial charge in [0.05, 0.1) is 19.8 Å². The van der Waals surface area contributed by atoms with Crippen LogP contribution in [-0.4, -0.2) is 63.5 Å². The molecule has 0 spiro atoms. The van der Waals surface area contributed by atoms with Crippen LogP contribution in [0.25, 0.3) is 0 Å². The summed E-state index contributed by atoms with van der Waals surface area (Å²) >= 11 is 0. The summed E-state index contributed by atoms with van der Waals surface area (Å²) in [6.07, 6.45) is 3.89. The lowest BCUT2D eigenvalue weighted by atomic mass is 10.1. The zero-order valence-electron chi connectivity index (χ0n) is 14.1. The lowest BCUT2D eigenvalue weighted by Crippen LogP contribution is -2.40. The quantitative estimate of drug-likeness (QED) is 0.267. The van der Waals surface area contributed by atoms with Gasteiger partial charge in [0, 0.05) is 38.8 Å². The molecule has 1 unspecified atom stereocenters. The molecule has 6 heteroatoms. The lowest BCUT2D eigenvalue weighted by molar-refractivity contribution is 0.114. The van der Waals surface area contributed by atoms with E-state index in [0.29, 0.717) is 5.92 Å². The lowest BCUT2D eigenvalue weighted by Gasteiger charge is -2.21. The minimum absolute atomic E-state index is 0. The average Bonchev–Trinajstić information content (AvgIpc) is 3.20. The summed E-state index contributed by atoms with van der Waals surface area (Å²) in [7, 11) is 0. The Bertz CT molecular complexity index is 325. The molecule has 130 valence electrons. The van der Waals surface area contributed by atoms with Crippen molar-refractivity contribution in [3.05, 3.63) is 0 Å². The molecule has 0 amide bonds. The van der Waals surface area contributed by atoms with Gasteiger partial charge in [0.2, 0.25) is 0 Å². The molecule has 1 aliphatic carbocycles. The first-order valence-corrected chi connectivity index (χ1v) is 8.52. The Kier molecular flexibility index (Phi) is 10.4. The van der Waals surface area contributed by atoms with Gasteiger partial charge in [-0.25, -0.2) is 0 Å². The predicted octanol–water partition coefficient (Wildman–Crippen LogP) is 2.35. The van der Waals surface area contributed by atoms with Crippen LogP contribution in [-0.2, 0) is 9.47 Å². The number of aliphatic imine (C=N–C) groups is 1. The normalized spacial score (nSPS) is 21.8. The van der Waals surface area contributed by atoms with Crippen LogP contribution in [0.4, 0.5) is 0 Å². The van der Waals surface area contributed by atoms with Gasteiger partial charge in [-0.1, -0.05) is 0 Å². The first-order valence-electron chi connectivity index (χ1n) is 8.52. The van der Waals surface area contributed by atoms with Gasteiger partial charge < -0.3 is 19.7 Å². The maximum Gasteiger partial charge on any atom is 0.194 e. The molecule has 2 fully saturated rings. The molecule has 1 saturated carbocycles. The van der Waals surface area contributed by atoms with Crippen molar-refractivity contribution in [3.63, 3.8) is 0 Å². The van der Waals surface area contributed by atoms with E-state index in [1.165, 1.54) is 19.3 Å². The molecule has 0 aromatic heterocycles. The average molecular weight is 425 g/mol. The molecule has 1 atom stereocenters. The van der Waals surface area contributed by atoms with E-state index in [-0.39, 0.29) is 24.0 Å². The van der Waals surface area contributed by atoms with Crippen molar-refractivity contribution >= 4 is 29.9 Å². The first-order chi connectivity index (χ1) is 10.3. The van der Waals surface area contributed by atoms with Crippen LogP contribution in [0, 0.1) is 11.8 Å². The second-order valence-corrected chi connectivity index (χ2v) is 6.01. The van der Waals surface area contributed by atoms with Crippen molar-refractivity contribution in [3.8, 4) is 0 Å². The van der Waals surface area contributed by atoms with Crippen molar-refractivity contribution in [2.75, 3.05) is 52.6 Å². The molecule has 1 heterocycles. The van der Waals surface area contributed by atoms with Crippen LogP contribution in [0.15, 0.2) is 4.99 Å². The minimum atomic E-state index is 0. The van der Waals surface area contributed by atoms with Crippen LogP contribution in [0.5, 0.6) is 0 Å². The fraction of sp³-hybridized carbons (Fsp3) is 0.938. The third kappa shape index (κ3) is 7.46. The number of nitrogens with one attached hydrogen (secondary N) is 1. The van der Waals surface area contributed by atoms with Gasteiger partial charge in [-0.15, -0.1) is 24.0 Å². The zero-order chi connectivity index (χ0) is 14.9. The Morgan fingerprint density at radius 1 is 1.14 bits per heavy atom. The maximum atomic E-state index is 5.65. The number of likely N-dealkylation sites (tertiary alicyclic amines) is 1. The topological polar surface area (TPSA) is 46.1 Å². The van der Waals surface area contributed by atoms with E-state index in [2.05, 4.69) is 24.1 Å². The molecular weight excluding hydrogens is 393 g/mol. The maximum absolute atomic E-state index is 5.65. The molecule has 5 nitrogen and oxygen atoms in total. The third-order valence-electron chi connectivity index (χ3n) is 4.03. The molecule has 0 aromatic carbocycles. The van der Waals surface area contributed by atoms with E-state index in [4.69, 9.17) is 14.5 Å². The highest BCUT2D eigenvalue weighted by Crippen LogP contribution is 2.28. The first kappa shape index (κ1) is 20.0. The Balaban J connectivity index is 0.00000242. The number of halogens is 1. The van der Waals surface area contributed by atoms with E-state index in [0.717, 1.165) is 64.5 Å². The zero-order valence-corrected chi connectivity index (χ0v) is 16.4. The van der Waals surface area contributed by atoms with Crippen molar-refractivity contribution in [2.45, 2.75) is 33.1 Å². The third-order valence-corrected chi connectivity index (χ3v) is 4.03. The second kappa shape index (κ2) is 11.5. The summed E-state index contributed by atoms with van der Waals surface area (Å²) in [6.45, 7) is 11.3. The molecule has 1 saturated heterocycles. The molecular formula is C16H32IN3O2. The van der Waals surface area contributed by atoms with Gasteiger partial charge >= 0.3 is 0 Å². The molecule has 22 heavy (non-hydrogen) atoms. The van der Waals surface area contributed by atoms with Crippen LogP contribution in [0.2, 0.25) is 0 Å². The fourth-order valence-electron chi connectivity index (χ4n) is 2.62. The number of nitrogens with zero attached hydrogens (tertiary/aromatic N) is 2. The number of hydrogen-bond donors (Lipinski definition) is 1. The molecule has 0 bridgehead atoms. The van der Waals surface area contributed by atoms with Crippen molar-refractivity contribution in [1.29, 1.82) is 0 Å². The van der Waals surface area contributed by atoms with Crippen molar-refractivity contribution < 1.29 is 9.47 Å². The summed E-state index contributed by atoms with van der Waals surface area (Å²) in [4.78, 5) is 7.05. The number of hydrogen-bond acceptors (Lipinski definition) is 3. The summed E-state index contributed by atoms with van der Waals surface area (Å²) < 4.78 is 11.2. The molecule has 2 rings (SSSR count). The Morgan fingerprint density at radius 3 is 2.59 bits per heavy atom. The number of guanidine groups is 1. The van der Waals surface area contributed by atoms with E-state index in [9.17, 15) is 0 Å². The van der Waals surface area contributed by atoms with Crippen molar-refractivity contribution in [2.24, 2.45) is 16.8 Å². The monoisotopic (exact) mass is 425 g/mol. The largest absolute Gasteiger partial charge is 0.381 e. The van der Waals surface area contributed by atoms with Crippen LogP contribution >= 0.6 is 24.0 Å². The van der Waals surface area contributed by atoms with E-state index < -0.39 is 0 Å². The molecule has 1 aliphatic heterocycles. The highest BCUT2D eigenvalue weighted by Gasteiger charge is 2.25. The molecule has 0 aromatic rings. The van der Waals surface area contributed by atoms with Crippen molar-refractivity contribution in [1.82, 2.24) is 10.2 Å². The number of rotatable bonds is 9. The van der Waals surface area contributed by atoms with Crippen LogP contribution in [0.1, 0.15) is 33.1 Å².